The number of rotatable bonds is 2. The van der Waals surface area contributed by atoms with Crippen molar-refractivity contribution in [1.82, 2.24) is 4.98 Å². The Morgan fingerprint density at radius 3 is 2.67 bits per heavy atom. The highest BCUT2D eigenvalue weighted by molar-refractivity contribution is 6.27. The molecule has 12 heavy (non-hydrogen) atoms. The van der Waals surface area contributed by atoms with Gasteiger partial charge in [-0.2, -0.15) is 13.8 Å². The molecule has 1 rings (SSSR count). The van der Waals surface area contributed by atoms with Crippen LogP contribution in [0, 0.1) is 0 Å². The maximum Gasteiger partial charge on any atom is 0.387 e. The fourth-order valence-corrected chi connectivity index (χ4v) is 0.641. The van der Waals surface area contributed by atoms with Crippen LogP contribution < -0.4 is 0 Å². The first kappa shape index (κ1) is 8.92. The van der Waals surface area contributed by atoms with Gasteiger partial charge in [-0.15, -0.1) is 0 Å². The molecular formula is C5H2ClF2NO3. The summed E-state index contributed by atoms with van der Waals surface area (Å²) in [6, 6.07) is 0. The van der Waals surface area contributed by atoms with Gasteiger partial charge in [0.15, 0.2) is 5.69 Å². The molecule has 0 amide bonds. The van der Waals surface area contributed by atoms with Crippen molar-refractivity contribution in [2.24, 2.45) is 0 Å². The van der Waals surface area contributed by atoms with Crippen LogP contribution in [0.25, 0.3) is 0 Å². The summed E-state index contributed by atoms with van der Waals surface area (Å²) in [4.78, 5) is 12.9. The van der Waals surface area contributed by atoms with Crippen LogP contribution >= 0.6 is 11.6 Å². The van der Waals surface area contributed by atoms with Gasteiger partial charge in [-0.1, -0.05) is 0 Å². The minimum absolute atomic E-state index is 0.496. The highest BCUT2D eigenvalue weighted by Crippen LogP contribution is 2.28. The van der Waals surface area contributed by atoms with E-state index in [0.717, 1.165) is 0 Å². The Balaban J connectivity index is 3.05. The first-order valence-electron chi connectivity index (χ1n) is 2.67. The third kappa shape index (κ3) is 1.38. The lowest BCUT2D eigenvalue weighted by Crippen LogP contribution is -2.25. The Kier molecular flexibility index (Phi) is 2.01. The molecule has 0 spiro atoms. The average molecular weight is 198 g/mol. The molecule has 1 N–H and O–H groups in total. The molecule has 4 nitrogen and oxygen atoms in total. The normalized spacial score (nSPS) is 11.6. The molecule has 0 saturated carbocycles. The van der Waals surface area contributed by atoms with E-state index in [0.29, 0.717) is 6.26 Å². The minimum atomic E-state index is -4.06. The Hall–Kier alpha value is -1.17. The maximum absolute atomic E-state index is 12.5. The van der Waals surface area contributed by atoms with Crippen LogP contribution in [0.3, 0.4) is 0 Å². The monoisotopic (exact) mass is 197 g/mol. The molecule has 7 heteroatoms. The van der Waals surface area contributed by atoms with Gasteiger partial charge in [0.25, 0.3) is 5.35 Å². The number of carboxylic acids is 1. The van der Waals surface area contributed by atoms with Crippen LogP contribution in [0.1, 0.15) is 5.69 Å². The van der Waals surface area contributed by atoms with E-state index >= 15 is 0 Å². The topological polar surface area (TPSA) is 63.3 Å². The van der Waals surface area contributed by atoms with Crippen molar-refractivity contribution in [2.45, 2.75) is 5.92 Å². The van der Waals surface area contributed by atoms with Gasteiger partial charge < -0.3 is 9.52 Å². The minimum Gasteiger partial charge on any atom is -0.476 e. The maximum atomic E-state index is 12.5. The van der Waals surface area contributed by atoms with E-state index in [1.807, 2.05) is 0 Å². The Morgan fingerprint density at radius 1 is 1.75 bits per heavy atom. The van der Waals surface area contributed by atoms with Crippen LogP contribution in [-0.2, 0) is 10.7 Å². The molecule has 0 aliphatic carbocycles. The zero-order valence-electron chi connectivity index (χ0n) is 5.42. The number of aliphatic carboxylic acids is 1. The number of aromatic nitrogens is 1. The number of carboxylic acid groups (broad SMARTS) is 1. The summed E-state index contributed by atoms with van der Waals surface area (Å²) in [7, 11) is 0. The second kappa shape index (κ2) is 2.71. The van der Waals surface area contributed by atoms with Crippen LogP contribution in [0.5, 0.6) is 0 Å². The van der Waals surface area contributed by atoms with Crippen LogP contribution in [0.2, 0.25) is 5.35 Å². The fourth-order valence-electron chi connectivity index (χ4n) is 0.506. The Labute approximate surface area is 69.8 Å². The van der Waals surface area contributed by atoms with Crippen molar-refractivity contribution in [1.29, 1.82) is 0 Å². The quantitative estimate of drug-likeness (QED) is 0.781. The molecule has 1 aromatic rings. The van der Waals surface area contributed by atoms with Gasteiger partial charge in [-0.05, 0) is 11.6 Å². The number of halogens is 3. The largest absolute Gasteiger partial charge is 0.476 e. The molecule has 66 valence electrons. The van der Waals surface area contributed by atoms with E-state index in [2.05, 4.69) is 9.40 Å². The van der Waals surface area contributed by atoms with Crippen molar-refractivity contribution in [3.63, 3.8) is 0 Å². The first-order valence-corrected chi connectivity index (χ1v) is 3.05. The average Bonchev–Trinajstić information content (AvgIpc) is 2.35. The molecule has 0 radical (unpaired) electrons. The van der Waals surface area contributed by atoms with Gasteiger partial charge >= 0.3 is 11.9 Å². The highest BCUT2D eigenvalue weighted by atomic mass is 35.5. The van der Waals surface area contributed by atoms with Gasteiger partial charge in [-0.25, -0.2) is 4.79 Å². The molecule has 0 bridgehead atoms. The van der Waals surface area contributed by atoms with E-state index < -0.39 is 22.9 Å². The van der Waals surface area contributed by atoms with E-state index in [1.165, 1.54) is 0 Å². The van der Waals surface area contributed by atoms with Crippen LogP contribution in [0.4, 0.5) is 8.78 Å². The number of nitrogens with zero attached hydrogens (tertiary/aromatic N) is 1. The van der Waals surface area contributed by atoms with Gasteiger partial charge in [0.1, 0.15) is 6.26 Å². The number of carbonyl (C=O) groups is 1. The van der Waals surface area contributed by atoms with Crippen molar-refractivity contribution in [2.75, 3.05) is 0 Å². The van der Waals surface area contributed by atoms with Crippen molar-refractivity contribution >= 4 is 17.6 Å². The molecule has 1 heterocycles. The Bertz CT molecular complexity index is 311. The zero-order valence-corrected chi connectivity index (χ0v) is 6.18. The number of alkyl halides is 2. The number of oxazole rings is 1. The van der Waals surface area contributed by atoms with E-state index in [-0.39, 0.29) is 0 Å². The fraction of sp³-hybridized carbons (Fsp3) is 0.200. The molecule has 0 aromatic carbocycles. The summed E-state index contributed by atoms with van der Waals surface area (Å²) < 4.78 is 29.2. The third-order valence-corrected chi connectivity index (χ3v) is 1.24. The predicted molar refractivity (Wildman–Crippen MR) is 33.0 cm³/mol. The smallest absolute Gasteiger partial charge is 0.387 e. The first-order chi connectivity index (χ1) is 5.44. The highest BCUT2D eigenvalue weighted by Gasteiger charge is 2.44. The molecule has 0 saturated heterocycles. The van der Waals surface area contributed by atoms with E-state index in [4.69, 9.17) is 16.7 Å². The standard InChI is InChI=1S/C5H2ClF2NO3/c6-4-9-2(1-12-4)5(7,8)3(10)11/h1H,(H,10,11). The SMILES string of the molecule is O=C(O)C(F)(F)c1coc(Cl)n1. The molecule has 0 unspecified atom stereocenters. The zero-order chi connectivity index (χ0) is 9.35. The molecule has 1 aromatic heterocycles. The van der Waals surface area contributed by atoms with Gasteiger partial charge in [-0.3, -0.25) is 0 Å². The molecule has 0 atom stereocenters. The summed E-state index contributed by atoms with van der Waals surface area (Å²) in [5.41, 5.74) is -1.01. The number of hydrogen-bond acceptors (Lipinski definition) is 3. The van der Waals surface area contributed by atoms with Crippen molar-refractivity contribution < 1.29 is 23.1 Å². The van der Waals surface area contributed by atoms with Crippen LogP contribution in [0.15, 0.2) is 10.7 Å². The van der Waals surface area contributed by atoms with Crippen molar-refractivity contribution in [3.8, 4) is 0 Å². The summed E-state index contributed by atoms with van der Waals surface area (Å²) >= 11 is 5.07. The third-order valence-electron chi connectivity index (χ3n) is 1.07. The molecule has 0 aliphatic heterocycles. The molecule has 0 fully saturated rings. The second-order valence-electron chi connectivity index (χ2n) is 1.87. The van der Waals surface area contributed by atoms with Crippen LogP contribution in [-0.4, -0.2) is 16.1 Å². The second-order valence-corrected chi connectivity index (χ2v) is 2.19. The van der Waals surface area contributed by atoms with E-state index in [9.17, 15) is 13.6 Å². The van der Waals surface area contributed by atoms with Crippen molar-refractivity contribution in [3.05, 3.63) is 17.3 Å². The Morgan fingerprint density at radius 2 is 2.33 bits per heavy atom. The lowest BCUT2D eigenvalue weighted by atomic mass is 10.3. The van der Waals surface area contributed by atoms with Gasteiger partial charge in [0.05, 0.1) is 0 Å². The van der Waals surface area contributed by atoms with E-state index in [1.54, 1.807) is 0 Å². The number of hydrogen-bond donors (Lipinski definition) is 1. The summed E-state index contributed by atoms with van der Waals surface area (Å²) in [5.74, 6) is -6.36. The van der Waals surface area contributed by atoms with Gasteiger partial charge in [0, 0.05) is 0 Å². The van der Waals surface area contributed by atoms with Gasteiger partial charge in [0.2, 0.25) is 0 Å². The molecule has 0 aliphatic rings. The summed E-state index contributed by atoms with van der Waals surface area (Å²) in [5, 5.41) is 7.51. The lowest BCUT2D eigenvalue weighted by Gasteiger charge is -2.04. The predicted octanol–water partition coefficient (Wildman–Crippen LogP) is 1.50. The summed E-state index contributed by atoms with van der Waals surface area (Å²) in [6.45, 7) is 0. The lowest BCUT2D eigenvalue weighted by molar-refractivity contribution is -0.166. The molecular weight excluding hydrogens is 196 g/mol. The summed E-state index contributed by atoms with van der Waals surface area (Å²) in [6.07, 6.45) is 0.496.